The molecule has 220 valence electrons. The second-order valence-corrected chi connectivity index (χ2v) is 14.0. The van der Waals surface area contributed by atoms with Gasteiger partial charge in [-0.25, -0.2) is 4.98 Å². The zero-order chi connectivity index (χ0) is 30.2. The lowest BCUT2D eigenvalue weighted by Gasteiger charge is -2.25. The van der Waals surface area contributed by atoms with Crippen LogP contribution < -0.4 is 15.9 Å². The fraction of sp³-hybridized carbons (Fsp3) is 0.146. The van der Waals surface area contributed by atoms with Crippen molar-refractivity contribution in [2.24, 2.45) is 0 Å². The highest BCUT2D eigenvalue weighted by atomic mass is 31.1. The molecule has 4 heteroatoms. The molecule has 1 aromatic heterocycles. The van der Waals surface area contributed by atoms with Crippen molar-refractivity contribution in [2.75, 3.05) is 0 Å². The van der Waals surface area contributed by atoms with Gasteiger partial charge in [-0.2, -0.15) is 0 Å². The Balaban J connectivity index is 1.26. The third-order valence-corrected chi connectivity index (χ3v) is 11.5. The van der Waals surface area contributed by atoms with Gasteiger partial charge in [0.25, 0.3) is 0 Å². The van der Waals surface area contributed by atoms with Crippen LogP contribution in [0.1, 0.15) is 46.6 Å². The summed E-state index contributed by atoms with van der Waals surface area (Å²) in [4.78, 5) is 5.47. The minimum atomic E-state index is -0.907. The summed E-state index contributed by atoms with van der Waals surface area (Å²) in [5.74, 6) is -0.907. The first-order chi connectivity index (χ1) is 22.2. The molecule has 2 heterocycles. The van der Waals surface area contributed by atoms with Gasteiger partial charge in [0.05, 0.1) is 5.69 Å². The summed E-state index contributed by atoms with van der Waals surface area (Å²) in [6, 6.07) is 53.7. The molecular weight excluding hydrogens is 569 g/mol. The van der Waals surface area contributed by atoms with Gasteiger partial charge in [0.1, 0.15) is 17.9 Å². The van der Waals surface area contributed by atoms with E-state index in [1.54, 1.807) is 0 Å². The molecule has 0 saturated carbocycles. The minimum absolute atomic E-state index is 0.235. The van der Waals surface area contributed by atoms with E-state index in [9.17, 15) is 0 Å². The van der Waals surface area contributed by atoms with Gasteiger partial charge in [-0.15, -0.1) is 0 Å². The Morgan fingerprint density at radius 2 is 1.11 bits per heavy atom. The van der Waals surface area contributed by atoms with Gasteiger partial charge in [-0.3, -0.25) is 0 Å². The van der Waals surface area contributed by atoms with Gasteiger partial charge in [0.15, 0.2) is 0 Å². The maximum Gasteiger partial charge on any atom is 0.214 e. The zero-order valence-electron chi connectivity index (χ0n) is 25.2. The molecule has 0 bridgehead atoms. The maximum atomic E-state index is 7.07. The van der Waals surface area contributed by atoms with Crippen LogP contribution in [-0.2, 0) is 21.7 Å². The lowest BCUT2D eigenvalue weighted by atomic mass is 9.99. The first kappa shape index (κ1) is 28.1. The Kier molecular flexibility index (Phi) is 7.39. The predicted molar refractivity (Wildman–Crippen MR) is 184 cm³/mol. The van der Waals surface area contributed by atoms with E-state index in [0.29, 0.717) is 0 Å². The number of ether oxygens (including phenoxy) is 2. The van der Waals surface area contributed by atoms with Gasteiger partial charge in [0, 0.05) is 12.0 Å². The highest BCUT2D eigenvalue weighted by Gasteiger charge is 2.54. The number of benzene rings is 5. The minimum Gasteiger partial charge on any atom is -0.333 e. The quantitative estimate of drug-likeness (QED) is 0.179. The molecule has 1 fully saturated rings. The first-order valence-electron chi connectivity index (χ1n) is 15.7. The second kappa shape index (κ2) is 11.8. The van der Waals surface area contributed by atoms with Crippen LogP contribution in [0.25, 0.3) is 11.3 Å². The largest absolute Gasteiger partial charge is 0.333 e. The lowest BCUT2D eigenvalue weighted by Crippen LogP contribution is -2.26. The molecule has 2 aliphatic rings. The number of nitrogens with zero attached hydrogens (tertiary/aromatic N) is 1. The predicted octanol–water partition coefficient (Wildman–Crippen LogP) is 8.44. The average Bonchev–Trinajstić information content (AvgIpc) is 3.68. The molecular formula is C41H34NO2P. The molecule has 1 aliphatic carbocycles. The number of hydrogen-bond acceptors (Lipinski definition) is 3. The van der Waals surface area contributed by atoms with E-state index in [2.05, 4.69) is 146 Å². The van der Waals surface area contributed by atoms with Gasteiger partial charge < -0.3 is 9.47 Å². The van der Waals surface area contributed by atoms with Crippen molar-refractivity contribution in [3.05, 3.63) is 180 Å². The molecule has 1 saturated heterocycles. The van der Waals surface area contributed by atoms with E-state index < -0.39 is 13.7 Å². The number of aromatic nitrogens is 1. The maximum absolute atomic E-state index is 7.07. The Hall–Kier alpha value is -4.40. The number of aryl methyl sites for hydroxylation is 1. The summed E-state index contributed by atoms with van der Waals surface area (Å²) in [5.41, 5.74) is 7.76. The van der Waals surface area contributed by atoms with E-state index in [1.807, 2.05) is 12.1 Å². The van der Waals surface area contributed by atoms with Crippen LogP contribution in [0.2, 0.25) is 0 Å². The van der Waals surface area contributed by atoms with Gasteiger partial charge in [0.2, 0.25) is 5.79 Å². The summed E-state index contributed by atoms with van der Waals surface area (Å²) in [6.45, 7) is 2.21. The van der Waals surface area contributed by atoms with Crippen molar-refractivity contribution >= 4 is 23.8 Å². The van der Waals surface area contributed by atoms with Crippen molar-refractivity contribution in [1.29, 1.82) is 0 Å². The van der Waals surface area contributed by atoms with Crippen LogP contribution in [0.15, 0.2) is 152 Å². The molecule has 8 rings (SSSR count). The molecule has 0 radical (unpaired) electrons. The molecule has 3 nitrogen and oxygen atoms in total. The molecule has 0 unspecified atom stereocenters. The number of hydrogen-bond donors (Lipinski definition) is 0. The molecule has 2 atom stereocenters. The molecule has 6 aromatic rings. The fourth-order valence-electron chi connectivity index (χ4n) is 6.90. The van der Waals surface area contributed by atoms with Gasteiger partial charge >= 0.3 is 0 Å². The Labute approximate surface area is 266 Å². The summed E-state index contributed by atoms with van der Waals surface area (Å²) in [6.07, 6.45) is 1.15. The van der Waals surface area contributed by atoms with Gasteiger partial charge in [-0.1, -0.05) is 146 Å². The van der Waals surface area contributed by atoms with E-state index >= 15 is 0 Å². The second-order valence-electron chi connectivity index (χ2n) is 11.8. The molecule has 1 aliphatic heterocycles. The Morgan fingerprint density at radius 1 is 0.622 bits per heavy atom. The molecule has 5 aromatic carbocycles. The Bertz CT molecular complexity index is 1840. The fourth-order valence-corrected chi connectivity index (χ4v) is 9.36. The van der Waals surface area contributed by atoms with Crippen LogP contribution >= 0.6 is 7.92 Å². The summed E-state index contributed by atoms with van der Waals surface area (Å²) in [5, 5.41) is 3.93. The van der Waals surface area contributed by atoms with Crippen molar-refractivity contribution in [3.63, 3.8) is 0 Å². The third kappa shape index (κ3) is 5.12. The number of pyridine rings is 1. The van der Waals surface area contributed by atoms with Crippen LogP contribution in [0.4, 0.5) is 0 Å². The number of fused-ring (bicyclic) bond motifs is 2. The van der Waals surface area contributed by atoms with Crippen molar-refractivity contribution in [2.45, 2.75) is 37.8 Å². The topological polar surface area (TPSA) is 31.4 Å². The van der Waals surface area contributed by atoms with Crippen LogP contribution in [0.5, 0.6) is 0 Å². The summed E-state index contributed by atoms with van der Waals surface area (Å²) in [7, 11) is -0.802. The number of rotatable bonds is 6. The highest BCUT2D eigenvalue weighted by molar-refractivity contribution is 7.80. The van der Waals surface area contributed by atoms with E-state index in [1.165, 1.54) is 27.0 Å². The Morgan fingerprint density at radius 3 is 1.67 bits per heavy atom. The van der Waals surface area contributed by atoms with Gasteiger partial charge in [-0.05, 0) is 65.5 Å². The highest BCUT2D eigenvalue weighted by Crippen LogP contribution is 2.56. The SMILES string of the molecule is Cc1cc(-c2ccccc2P(c2ccccc2)c2ccccc2)nc2c1CCC21O[C@@H](c2ccccc2)[C@H](c2ccccc2)O1. The molecule has 0 N–H and O–H groups in total. The van der Waals surface area contributed by atoms with E-state index in [-0.39, 0.29) is 12.2 Å². The van der Waals surface area contributed by atoms with Crippen molar-refractivity contribution in [1.82, 2.24) is 4.98 Å². The normalized spacial score (nSPS) is 18.4. The molecule has 0 amide bonds. The molecule has 1 spiro atoms. The molecule has 45 heavy (non-hydrogen) atoms. The van der Waals surface area contributed by atoms with Crippen molar-refractivity contribution < 1.29 is 9.47 Å². The van der Waals surface area contributed by atoms with Crippen LogP contribution in [-0.4, -0.2) is 4.98 Å². The smallest absolute Gasteiger partial charge is 0.214 e. The third-order valence-electron chi connectivity index (χ3n) is 9.03. The van der Waals surface area contributed by atoms with E-state index in [0.717, 1.165) is 40.9 Å². The lowest BCUT2D eigenvalue weighted by molar-refractivity contribution is -0.186. The zero-order valence-corrected chi connectivity index (χ0v) is 26.1. The summed E-state index contributed by atoms with van der Waals surface area (Å²) < 4.78 is 14.1. The standard InChI is InChI=1S/C41H34NO2P/c1-29-28-36(35-24-14-15-25-37(35)45(32-20-10-4-11-21-32)33-22-12-5-13-23-33)42-40-34(29)26-27-41(40)43-38(30-16-6-2-7-17-30)39(44-41)31-18-8-3-9-19-31/h2-25,28,38-39H,26-27H2,1H3/t38-,39-/m0/s1. The monoisotopic (exact) mass is 603 g/mol. The van der Waals surface area contributed by atoms with Crippen molar-refractivity contribution in [3.8, 4) is 11.3 Å². The van der Waals surface area contributed by atoms with E-state index in [4.69, 9.17) is 14.5 Å². The first-order valence-corrected chi connectivity index (χ1v) is 17.0. The average molecular weight is 604 g/mol. The van der Waals surface area contributed by atoms with Crippen LogP contribution in [0.3, 0.4) is 0 Å². The summed E-state index contributed by atoms with van der Waals surface area (Å²) >= 11 is 0. The van der Waals surface area contributed by atoms with Crippen LogP contribution in [0, 0.1) is 6.92 Å².